The third kappa shape index (κ3) is 3.41. The predicted octanol–water partition coefficient (Wildman–Crippen LogP) is 4.39. The maximum atomic E-state index is 12.5. The average Bonchev–Trinajstić information content (AvgIpc) is 3.19. The first-order valence-corrected chi connectivity index (χ1v) is 10.3. The Balaban J connectivity index is 1.25. The average molecular weight is 394 g/mol. The Hall–Kier alpha value is -3.66. The summed E-state index contributed by atoms with van der Waals surface area (Å²) in [7, 11) is 0. The molecule has 2 N–H and O–H groups in total. The number of amides is 2. The minimum Gasteiger partial charge on any atom is -0.347 e. The first-order chi connectivity index (χ1) is 14.7. The van der Waals surface area contributed by atoms with Gasteiger partial charge < -0.3 is 10.6 Å². The molecule has 0 heterocycles. The summed E-state index contributed by atoms with van der Waals surface area (Å²) in [5, 5.41) is 10.2. The number of benzene rings is 4. The number of carbonyl (C=O) groups is 2. The second-order valence-electron chi connectivity index (χ2n) is 7.75. The molecule has 0 radical (unpaired) electrons. The number of anilines is 1. The highest BCUT2D eigenvalue weighted by Crippen LogP contribution is 2.34. The van der Waals surface area contributed by atoms with Crippen LogP contribution in [0.2, 0.25) is 0 Å². The van der Waals surface area contributed by atoms with Crippen LogP contribution in [0.25, 0.3) is 21.5 Å². The smallest absolute Gasteiger partial charge is 0.243 e. The number of rotatable bonds is 5. The molecule has 1 aliphatic carbocycles. The Kier molecular flexibility index (Phi) is 4.68. The first kappa shape index (κ1) is 18.4. The van der Waals surface area contributed by atoms with Crippen LogP contribution in [0.4, 0.5) is 5.69 Å². The van der Waals surface area contributed by atoms with E-state index < -0.39 is 0 Å². The molecule has 2 amide bonds. The topological polar surface area (TPSA) is 58.2 Å². The lowest BCUT2D eigenvalue weighted by molar-refractivity contribution is -0.123. The van der Waals surface area contributed by atoms with Crippen LogP contribution in [-0.4, -0.2) is 18.4 Å². The van der Waals surface area contributed by atoms with Gasteiger partial charge in [-0.3, -0.25) is 9.59 Å². The standard InChI is InChI=1S/C26H22N2O2/c29-24(15-20-8-3-6-17-5-1-2-9-21(17)20)27-16-25(30)28-23-14-13-19-12-11-18-7-4-10-22(23)26(18)19/h1-10,13-14H,11-12,15-16H2,(H,27,29)(H,28,30). The lowest BCUT2D eigenvalue weighted by atomic mass is 10.0. The molecule has 0 saturated carbocycles. The molecule has 148 valence electrons. The molecule has 5 rings (SSSR count). The molecular weight excluding hydrogens is 372 g/mol. The Morgan fingerprint density at radius 3 is 2.37 bits per heavy atom. The number of aryl methyl sites for hydroxylation is 2. The van der Waals surface area contributed by atoms with Gasteiger partial charge in [-0.2, -0.15) is 0 Å². The van der Waals surface area contributed by atoms with Gasteiger partial charge in [0.05, 0.1) is 13.0 Å². The van der Waals surface area contributed by atoms with Crippen LogP contribution < -0.4 is 10.6 Å². The van der Waals surface area contributed by atoms with E-state index in [0.29, 0.717) is 0 Å². The van der Waals surface area contributed by atoms with Crippen LogP contribution in [0.5, 0.6) is 0 Å². The molecule has 0 atom stereocenters. The quantitative estimate of drug-likeness (QED) is 0.527. The van der Waals surface area contributed by atoms with E-state index in [9.17, 15) is 9.59 Å². The third-order valence-electron chi connectivity index (χ3n) is 5.83. The number of hydrogen-bond acceptors (Lipinski definition) is 2. The van der Waals surface area contributed by atoms with Crippen LogP contribution in [0.15, 0.2) is 72.8 Å². The molecule has 30 heavy (non-hydrogen) atoms. The van der Waals surface area contributed by atoms with Crippen molar-refractivity contribution in [2.75, 3.05) is 11.9 Å². The molecule has 4 aromatic rings. The molecule has 0 fully saturated rings. The third-order valence-corrected chi connectivity index (χ3v) is 5.83. The predicted molar refractivity (Wildman–Crippen MR) is 121 cm³/mol. The van der Waals surface area contributed by atoms with E-state index >= 15 is 0 Å². The van der Waals surface area contributed by atoms with Gasteiger partial charge in [-0.1, -0.05) is 66.7 Å². The van der Waals surface area contributed by atoms with Gasteiger partial charge in [-0.25, -0.2) is 0 Å². The summed E-state index contributed by atoms with van der Waals surface area (Å²) >= 11 is 0. The number of fused-ring (bicyclic) bond motifs is 1. The van der Waals surface area contributed by atoms with Gasteiger partial charge >= 0.3 is 0 Å². The summed E-state index contributed by atoms with van der Waals surface area (Å²) in [4.78, 5) is 24.9. The zero-order chi connectivity index (χ0) is 20.5. The lowest BCUT2D eigenvalue weighted by Crippen LogP contribution is -2.33. The van der Waals surface area contributed by atoms with Gasteiger partial charge in [0.25, 0.3) is 0 Å². The fourth-order valence-corrected chi connectivity index (χ4v) is 4.41. The fraction of sp³-hybridized carbons (Fsp3) is 0.154. The largest absolute Gasteiger partial charge is 0.347 e. The van der Waals surface area contributed by atoms with Crippen molar-refractivity contribution in [3.8, 4) is 0 Å². The molecule has 0 unspecified atom stereocenters. The van der Waals surface area contributed by atoms with Crippen LogP contribution in [0.3, 0.4) is 0 Å². The molecule has 4 heteroatoms. The second-order valence-corrected chi connectivity index (χ2v) is 7.75. The SMILES string of the molecule is O=C(Cc1cccc2ccccc12)NCC(=O)Nc1ccc2c3c(cccc13)CC2. The van der Waals surface area contributed by atoms with Gasteiger partial charge in [0.2, 0.25) is 11.8 Å². The highest BCUT2D eigenvalue weighted by atomic mass is 16.2. The van der Waals surface area contributed by atoms with E-state index in [2.05, 4.69) is 22.8 Å². The van der Waals surface area contributed by atoms with Gasteiger partial charge in [0.1, 0.15) is 0 Å². The Morgan fingerprint density at radius 2 is 1.47 bits per heavy atom. The van der Waals surface area contributed by atoms with Crippen LogP contribution in [0.1, 0.15) is 16.7 Å². The monoisotopic (exact) mass is 394 g/mol. The second kappa shape index (κ2) is 7.64. The maximum Gasteiger partial charge on any atom is 0.243 e. The van der Waals surface area contributed by atoms with Crippen molar-refractivity contribution < 1.29 is 9.59 Å². The maximum absolute atomic E-state index is 12.5. The van der Waals surface area contributed by atoms with Crippen LogP contribution in [0, 0.1) is 0 Å². The molecular formula is C26H22N2O2. The van der Waals surface area contributed by atoms with E-state index in [0.717, 1.165) is 40.3 Å². The Bertz CT molecular complexity index is 1280. The zero-order valence-corrected chi connectivity index (χ0v) is 16.6. The summed E-state index contributed by atoms with van der Waals surface area (Å²) < 4.78 is 0. The first-order valence-electron chi connectivity index (χ1n) is 10.3. The Morgan fingerprint density at radius 1 is 0.733 bits per heavy atom. The van der Waals surface area contributed by atoms with Gasteiger partial charge in [0.15, 0.2) is 0 Å². The molecule has 0 bridgehead atoms. The van der Waals surface area contributed by atoms with Crippen molar-refractivity contribution in [2.45, 2.75) is 19.3 Å². The summed E-state index contributed by atoms with van der Waals surface area (Å²) in [6.07, 6.45) is 2.35. The van der Waals surface area contributed by atoms with Crippen LogP contribution >= 0.6 is 0 Å². The number of carbonyl (C=O) groups excluding carboxylic acids is 2. The minimum absolute atomic E-state index is 0.0491. The fourth-order valence-electron chi connectivity index (χ4n) is 4.41. The molecule has 0 aromatic heterocycles. The van der Waals surface area contributed by atoms with E-state index in [1.54, 1.807) is 0 Å². The Labute approximate surface area is 174 Å². The summed E-state index contributed by atoms with van der Waals surface area (Å²) in [5.41, 5.74) is 4.42. The van der Waals surface area contributed by atoms with Gasteiger partial charge in [0, 0.05) is 11.1 Å². The van der Waals surface area contributed by atoms with Crippen molar-refractivity contribution in [3.63, 3.8) is 0 Å². The minimum atomic E-state index is -0.222. The van der Waals surface area contributed by atoms with Gasteiger partial charge in [-0.05, 0) is 51.8 Å². The van der Waals surface area contributed by atoms with E-state index in [4.69, 9.17) is 0 Å². The molecule has 4 aromatic carbocycles. The normalized spacial score (nSPS) is 12.3. The highest BCUT2D eigenvalue weighted by molar-refractivity contribution is 6.06. The van der Waals surface area contributed by atoms with Crippen molar-refractivity contribution in [3.05, 3.63) is 89.5 Å². The highest BCUT2D eigenvalue weighted by Gasteiger charge is 2.17. The summed E-state index contributed by atoms with van der Waals surface area (Å²) in [5.74, 6) is -0.387. The van der Waals surface area contributed by atoms with Crippen LogP contribution in [-0.2, 0) is 28.9 Å². The van der Waals surface area contributed by atoms with E-state index in [1.807, 2.05) is 60.7 Å². The van der Waals surface area contributed by atoms with Crippen molar-refractivity contribution in [1.82, 2.24) is 5.32 Å². The van der Waals surface area contributed by atoms with E-state index in [-0.39, 0.29) is 24.8 Å². The number of hydrogen-bond donors (Lipinski definition) is 2. The molecule has 1 aliphatic rings. The molecule has 0 spiro atoms. The summed E-state index contributed by atoms with van der Waals surface area (Å²) in [6.45, 7) is -0.0491. The van der Waals surface area contributed by atoms with Crippen molar-refractivity contribution >= 4 is 39.0 Å². The lowest BCUT2D eigenvalue weighted by Gasteiger charge is -2.11. The molecule has 0 aliphatic heterocycles. The van der Waals surface area contributed by atoms with Crippen molar-refractivity contribution in [1.29, 1.82) is 0 Å². The number of nitrogens with one attached hydrogen (secondary N) is 2. The summed E-state index contributed by atoms with van der Waals surface area (Å²) in [6, 6.07) is 24.2. The molecule has 4 nitrogen and oxygen atoms in total. The van der Waals surface area contributed by atoms with Gasteiger partial charge in [-0.15, -0.1) is 0 Å². The van der Waals surface area contributed by atoms with Crippen molar-refractivity contribution in [2.24, 2.45) is 0 Å². The van der Waals surface area contributed by atoms with E-state index in [1.165, 1.54) is 16.5 Å². The zero-order valence-electron chi connectivity index (χ0n) is 16.6. The molecule has 0 saturated heterocycles.